The summed E-state index contributed by atoms with van der Waals surface area (Å²) in [5.41, 5.74) is 7.53. The van der Waals surface area contributed by atoms with Gasteiger partial charge < -0.3 is 10.6 Å². The number of carbonyl (C=O) groups is 1. The van der Waals surface area contributed by atoms with Gasteiger partial charge in [0.2, 0.25) is 5.91 Å². The number of rotatable bonds is 1. The standard InChI is InChI=1S/C15H19FN2O/c16-13-5-4-11-9-18(10-12(11)8-13)14(19)15(17)6-2-1-3-7-15/h4-5,8H,1-3,6-7,9-10,17H2. The third-order valence-electron chi connectivity index (χ3n) is 4.35. The minimum Gasteiger partial charge on any atom is -0.332 e. The van der Waals surface area contributed by atoms with Crippen molar-refractivity contribution >= 4 is 5.91 Å². The largest absolute Gasteiger partial charge is 0.332 e. The maximum atomic E-state index is 13.2. The molecular formula is C15H19FN2O. The van der Waals surface area contributed by atoms with Gasteiger partial charge in [-0.2, -0.15) is 0 Å². The van der Waals surface area contributed by atoms with Gasteiger partial charge >= 0.3 is 0 Å². The first kappa shape index (κ1) is 12.6. The summed E-state index contributed by atoms with van der Waals surface area (Å²) in [6.07, 6.45) is 4.76. The van der Waals surface area contributed by atoms with Gasteiger partial charge in [0.25, 0.3) is 0 Å². The minimum atomic E-state index is -0.696. The van der Waals surface area contributed by atoms with E-state index < -0.39 is 5.54 Å². The van der Waals surface area contributed by atoms with Crippen LogP contribution in [0.5, 0.6) is 0 Å². The number of carbonyl (C=O) groups excluding carboxylic acids is 1. The zero-order valence-corrected chi connectivity index (χ0v) is 11.0. The molecule has 1 aromatic rings. The van der Waals surface area contributed by atoms with Crippen molar-refractivity contribution in [3.63, 3.8) is 0 Å². The highest BCUT2D eigenvalue weighted by atomic mass is 19.1. The number of nitrogens with two attached hydrogens (primary N) is 1. The Labute approximate surface area is 112 Å². The van der Waals surface area contributed by atoms with E-state index in [4.69, 9.17) is 5.73 Å². The Morgan fingerprint density at radius 2 is 1.84 bits per heavy atom. The first-order valence-electron chi connectivity index (χ1n) is 6.94. The molecule has 1 fully saturated rings. The lowest BCUT2D eigenvalue weighted by Crippen LogP contribution is -2.55. The van der Waals surface area contributed by atoms with Crippen molar-refractivity contribution in [3.8, 4) is 0 Å². The molecule has 19 heavy (non-hydrogen) atoms. The maximum Gasteiger partial charge on any atom is 0.243 e. The SMILES string of the molecule is NC1(C(=O)N2Cc3ccc(F)cc3C2)CCCCC1. The lowest BCUT2D eigenvalue weighted by Gasteiger charge is -2.35. The van der Waals surface area contributed by atoms with Crippen LogP contribution in [0.4, 0.5) is 4.39 Å². The Kier molecular flexibility index (Phi) is 3.05. The highest BCUT2D eigenvalue weighted by Crippen LogP contribution is 2.31. The van der Waals surface area contributed by atoms with Gasteiger partial charge in [0.1, 0.15) is 5.82 Å². The summed E-state index contributed by atoms with van der Waals surface area (Å²) in [7, 11) is 0. The molecule has 4 heteroatoms. The van der Waals surface area contributed by atoms with Crippen molar-refractivity contribution in [1.29, 1.82) is 0 Å². The molecule has 0 unspecified atom stereocenters. The van der Waals surface area contributed by atoms with E-state index in [0.29, 0.717) is 13.1 Å². The Morgan fingerprint density at radius 3 is 2.58 bits per heavy atom. The van der Waals surface area contributed by atoms with Crippen LogP contribution >= 0.6 is 0 Å². The Balaban J connectivity index is 1.77. The summed E-state index contributed by atoms with van der Waals surface area (Å²) < 4.78 is 13.2. The van der Waals surface area contributed by atoms with Gasteiger partial charge in [0.05, 0.1) is 5.54 Å². The van der Waals surface area contributed by atoms with Crippen molar-refractivity contribution in [2.24, 2.45) is 5.73 Å². The Hall–Kier alpha value is -1.42. The summed E-state index contributed by atoms with van der Waals surface area (Å²) in [5.74, 6) is -0.211. The zero-order chi connectivity index (χ0) is 13.5. The molecule has 1 aliphatic heterocycles. The normalized spacial score (nSPS) is 21.3. The van der Waals surface area contributed by atoms with Gasteiger partial charge in [-0.15, -0.1) is 0 Å². The maximum absolute atomic E-state index is 13.2. The second kappa shape index (κ2) is 4.60. The Morgan fingerprint density at radius 1 is 1.16 bits per heavy atom. The first-order chi connectivity index (χ1) is 9.08. The summed E-state index contributed by atoms with van der Waals surface area (Å²) in [4.78, 5) is 14.4. The van der Waals surface area contributed by atoms with Gasteiger partial charge in [0.15, 0.2) is 0 Å². The monoisotopic (exact) mass is 262 g/mol. The number of hydrogen-bond donors (Lipinski definition) is 1. The summed E-state index contributed by atoms with van der Waals surface area (Å²) in [6, 6.07) is 4.74. The molecule has 0 bridgehead atoms. The molecule has 1 aliphatic carbocycles. The highest BCUT2D eigenvalue weighted by molar-refractivity contribution is 5.86. The first-order valence-corrected chi connectivity index (χ1v) is 6.94. The topological polar surface area (TPSA) is 46.3 Å². The molecule has 2 aliphatic rings. The van der Waals surface area contributed by atoms with Gasteiger partial charge in [0, 0.05) is 13.1 Å². The predicted octanol–water partition coefficient (Wildman–Crippen LogP) is 2.33. The van der Waals surface area contributed by atoms with E-state index in [1.54, 1.807) is 11.0 Å². The third-order valence-corrected chi connectivity index (χ3v) is 4.35. The van der Waals surface area contributed by atoms with E-state index in [1.807, 2.05) is 0 Å². The molecule has 3 rings (SSSR count). The van der Waals surface area contributed by atoms with Gasteiger partial charge in [-0.1, -0.05) is 25.3 Å². The molecule has 2 N–H and O–H groups in total. The molecule has 3 nitrogen and oxygen atoms in total. The molecule has 102 valence electrons. The number of fused-ring (bicyclic) bond motifs is 1. The second-order valence-corrected chi connectivity index (χ2v) is 5.79. The van der Waals surface area contributed by atoms with Gasteiger partial charge in [-0.25, -0.2) is 4.39 Å². The minimum absolute atomic E-state index is 0.0313. The number of amides is 1. The number of halogens is 1. The zero-order valence-electron chi connectivity index (χ0n) is 11.0. The summed E-state index contributed by atoms with van der Waals surface area (Å²) in [6.45, 7) is 1.05. The predicted molar refractivity (Wildman–Crippen MR) is 70.7 cm³/mol. The van der Waals surface area contributed by atoms with E-state index >= 15 is 0 Å². The molecule has 1 amide bonds. The van der Waals surface area contributed by atoms with Crippen molar-refractivity contribution in [1.82, 2.24) is 4.90 Å². The fourth-order valence-electron chi connectivity index (χ4n) is 3.22. The van der Waals surface area contributed by atoms with E-state index in [-0.39, 0.29) is 11.7 Å². The Bertz CT molecular complexity index is 509. The van der Waals surface area contributed by atoms with E-state index in [9.17, 15) is 9.18 Å². The molecule has 0 spiro atoms. The average Bonchev–Trinajstić information content (AvgIpc) is 2.81. The van der Waals surface area contributed by atoms with Crippen LogP contribution in [0.2, 0.25) is 0 Å². The van der Waals surface area contributed by atoms with Gasteiger partial charge in [-0.05, 0) is 36.1 Å². The van der Waals surface area contributed by atoms with Crippen LogP contribution in [0.1, 0.15) is 43.2 Å². The molecule has 1 heterocycles. The van der Waals surface area contributed by atoms with E-state index in [2.05, 4.69) is 0 Å². The molecule has 1 saturated carbocycles. The van der Waals surface area contributed by atoms with Crippen LogP contribution in [0.3, 0.4) is 0 Å². The van der Waals surface area contributed by atoms with Crippen LogP contribution in [-0.2, 0) is 17.9 Å². The van der Waals surface area contributed by atoms with Crippen LogP contribution in [0.15, 0.2) is 18.2 Å². The highest BCUT2D eigenvalue weighted by Gasteiger charge is 2.39. The van der Waals surface area contributed by atoms with Crippen LogP contribution in [0.25, 0.3) is 0 Å². The van der Waals surface area contributed by atoms with Gasteiger partial charge in [-0.3, -0.25) is 4.79 Å². The van der Waals surface area contributed by atoms with Crippen molar-refractivity contribution < 1.29 is 9.18 Å². The number of hydrogen-bond acceptors (Lipinski definition) is 2. The van der Waals surface area contributed by atoms with Crippen molar-refractivity contribution in [2.75, 3.05) is 0 Å². The van der Waals surface area contributed by atoms with Crippen LogP contribution < -0.4 is 5.73 Å². The molecule has 1 aromatic carbocycles. The smallest absolute Gasteiger partial charge is 0.243 e. The summed E-state index contributed by atoms with van der Waals surface area (Å²) >= 11 is 0. The fourth-order valence-corrected chi connectivity index (χ4v) is 3.22. The quantitative estimate of drug-likeness (QED) is 0.844. The average molecular weight is 262 g/mol. The van der Waals surface area contributed by atoms with E-state index in [1.165, 1.54) is 12.1 Å². The summed E-state index contributed by atoms with van der Waals surface area (Å²) in [5, 5.41) is 0. The van der Waals surface area contributed by atoms with Crippen molar-refractivity contribution in [3.05, 3.63) is 35.1 Å². The van der Waals surface area contributed by atoms with Crippen molar-refractivity contribution in [2.45, 2.75) is 50.7 Å². The molecular weight excluding hydrogens is 243 g/mol. The molecule has 0 aromatic heterocycles. The third kappa shape index (κ3) is 2.25. The van der Waals surface area contributed by atoms with E-state index in [0.717, 1.165) is 43.2 Å². The number of benzene rings is 1. The fraction of sp³-hybridized carbons (Fsp3) is 0.533. The molecule has 0 saturated heterocycles. The lowest BCUT2D eigenvalue weighted by atomic mass is 9.81. The lowest BCUT2D eigenvalue weighted by molar-refractivity contribution is -0.138. The second-order valence-electron chi connectivity index (χ2n) is 5.79. The van der Waals surface area contributed by atoms with Crippen LogP contribution in [0, 0.1) is 5.82 Å². The molecule has 0 atom stereocenters. The molecule has 0 radical (unpaired) electrons. The van der Waals surface area contributed by atoms with Crippen LogP contribution in [-0.4, -0.2) is 16.3 Å². The number of nitrogens with zero attached hydrogens (tertiary/aromatic N) is 1.